The summed E-state index contributed by atoms with van der Waals surface area (Å²) in [6.07, 6.45) is 2.85. The summed E-state index contributed by atoms with van der Waals surface area (Å²) in [5.74, 6) is -0.577. The molecule has 0 aliphatic rings. The summed E-state index contributed by atoms with van der Waals surface area (Å²) in [6.45, 7) is 2.21. The second kappa shape index (κ2) is 8.36. The molecule has 28 heavy (non-hydrogen) atoms. The van der Waals surface area contributed by atoms with Crippen LogP contribution in [0.5, 0.6) is 0 Å². The molecular weight excluding hydrogens is 414 g/mol. The molecule has 0 aliphatic heterocycles. The molecule has 2 aromatic heterocycles. The topological polar surface area (TPSA) is 30.7 Å². The third kappa shape index (κ3) is 5.59. The lowest BCUT2D eigenvalue weighted by atomic mass is 10.2. The maximum absolute atomic E-state index is 14.5. The van der Waals surface area contributed by atoms with Crippen molar-refractivity contribution in [3.63, 3.8) is 0 Å². The SMILES string of the molecule is Cc1cc(/C(F)=C/c2ccc(SC(F)(F)F)cc2)nn1Cc1ccc(Cl)nc1. The minimum atomic E-state index is -4.35. The average Bonchev–Trinajstić information content (AvgIpc) is 2.98. The van der Waals surface area contributed by atoms with E-state index in [1.165, 1.54) is 30.3 Å². The fourth-order valence-corrected chi connectivity index (χ4v) is 3.10. The maximum Gasteiger partial charge on any atom is 0.446 e. The van der Waals surface area contributed by atoms with Crippen LogP contribution in [-0.2, 0) is 6.54 Å². The smallest absolute Gasteiger partial charge is 0.265 e. The lowest BCUT2D eigenvalue weighted by Gasteiger charge is -2.05. The van der Waals surface area contributed by atoms with Crippen molar-refractivity contribution in [2.24, 2.45) is 0 Å². The summed E-state index contributed by atoms with van der Waals surface area (Å²) >= 11 is 5.55. The lowest BCUT2D eigenvalue weighted by Crippen LogP contribution is -2.04. The van der Waals surface area contributed by atoms with Crippen molar-refractivity contribution in [1.29, 1.82) is 0 Å². The van der Waals surface area contributed by atoms with Crippen LogP contribution in [0.25, 0.3) is 11.9 Å². The highest BCUT2D eigenvalue weighted by Gasteiger charge is 2.28. The van der Waals surface area contributed by atoms with Crippen LogP contribution in [0.3, 0.4) is 0 Å². The zero-order chi connectivity index (χ0) is 20.3. The number of hydrogen-bond donors (Lipinski definition) is 0. The van der Waals surface area contributed by atoms with Gasteiger partial charge in [0.05, 0.1) is 6.54 Å². The molecule has 0 saturated heterocycles. The number of thioether (sulfide) groups is 1. The van der Waals surface area contributed by atoms with Gasteiger partial charge in [0.2, 0.25) is 0 Å². The van der Waals surface area contributed by atoms with Crippen LogP contribution < -0.4 is 0 Å². The first-order valence-corrected chi connectivity index (χ1v) is 9.27. The van der Waals surface area contributed by atoms with Crippen molar-refractivity contribution in [2.75, 3.05) is 0 Å². The van der Waals surface area contributed by atoms with E-state index in [0.717, 1.165) is 11.3 Å². The third-order valence-corrected chi connectivity index (χ3v) is 4.72. The summed E-state index contributed by atoms with van der Waals surface area (Å²) < 4.78 is 53.3. The fourth-order valence-electron chi connectivity index (χ4n) is 2.45. The van der Waals surface area contributed by atoms with E-state index < -0.39 is 11.3 Å². The Kier molecular flexibility index (Phi) is 6.10. The number of pyridine rings is 1. The molecule has 3 rings (SSSR count). The van der Waals surface area contributed by atoms with Crippen molar-refractivity contribution in [3.8, 4) is 0 Å². The number of aryl methyl sites for hydroxylation is 1. The number of alkyl halides is 3. The minimum absolute atomic E-state index is 0.0433. The molecule has 0 N–H and O–H groups in total. The van der Waals surface area contributed by atoms with Crippen LogP contribution in [0.15, 0.2) is 53.6 Å². The predicted octanol–water partition coefficient (Wildman–Crippen LogP) is 6.37. The Morgan fingerprint density at radius 1 is 1.18 bits per heavy atom. The van der Waals surface area contributed by atoms with Crippen LogP contribution >= 0.6 is 23.4 Å². The van der Waals surface area contributed by atoms with E-state index in [9.17, 15) is 17.6 Å². The highest BCUT2D eigenvalue weighted by molar-refractivity contribution is 8.00. The van der Waals surface area contributed by atoms with Crippen molar-refractivity contribution in [1.82, 2.24) is 14.8 Å². The van der Waals surface area contributed by atoms with Gasteiger partial charge in [-0.2, -0.15) is 18.3 Å². The third-order valence-electron chi connectivity index (χ3n) is 3.75. The summed E-state index contributed by atoms with van der Waals surface area (Å²) in [7, 11) is 0. The molecule has 2 heterocycles. The molecule has 0 radical (unpaired) electrons. The van der Waals surface area contributed by atoms with Crippen LogP contribution in [0.4, 0.5) is 17.6 Å². The summed E-state index contributed by atoms with van der Waals surface area (Å²) in [5.41, 5.74) is -2.15. The summed E-state index contributed by atoms with van der Waals surface area (Å²) in [4.78, 5) is 4.04. The zero-order valence-electron chi connectivity index (χ0n) is 14.5. The lowest BCUT2D eigenvalue weighted by molar-refractivity contribution is -0.0328. The Labute approximate surface area is 168 Å². The van der Waals surface area contributed by atoms with Crippen LogP contribution in [0.1, 0.15) is 22.5 Å². The fraction of sp³-hybridized carbons (Fsp3) is 0.158. The Morgan fingerprint density at radius 3 is 2.50 bits per heavy atom. The van der Waals surface area contributed by atoms with Crippen LogP contribution in [-0.4, -0.2) is 20.3 Å². The number of benzene rings is 1. The van der Waals surface area contributed by atoms with Gasteiger partial charge in [-0.05, 0) is 60.2 Å². The predicted molar refractivity (Wildman–Crippen MR) is 103 cm³/mol. The van der Waals surface area contributed by atoms with Gasteiger partial charge in [-0.3, -0.25) is 4.68 Å². The molecule has 1 aromatic carbocycles. The average molecular weight is 428 g/mol. The molecular formula is C19H14ClF4N3S. The van der Waals surface area contributed by atoms with E-state index in [-0.39, 0.29) is 22.4 Å². The number of rotatable bonds is 5. The van der Waals surface area contributed by atoms with Crippen LogP contribution in [0, 0.1) is 6.92 Å². The van der Waals surface area contributed by atoms with Crippen LogP contribution in [0.2, 0.25) is 5.15 Å². The molecule has 146 valence electrons. The van der Waals surface area contributed by atoms with E-state index >= 15 is 0 Å². The maximum atomic E-state index is 14.5. The van der Waals surface area contributed by atoms with Gasteiger partial charge in [0.25, 0.3) is 0 Å². The molecule has 9 heteroatoms. The summed E-state index contributed by atoms with van der Waals surface area (Å²) in [6, 6.07) is 10.5. The van der Waals surface area contributed by atoms with E-state index in [2.05, 4.69) is 10.1 Å². The largest absolute Gasteiger partial charge is 0.446 e. The normalized spacial score (nSPS) is 12.4. The van der Waals surface area contributed by atoms with Crippen molar-refractivity contribution in [2.45, 2.75) is 23.9 Å². The Bertz CT molecular complexity index is 980. The number of halogens is 5. The molecule has 0 unspecified atom stereocenters. The van der Waals surface area contributed by atoms with Gasteiger partial charge in [0.15, 0.2) is 5.83 Å². The van der Waals surface area contributed by atoms with E-state index in [1.54, 1.807) is 29.9 Å². The zero-order valence-corrected chi connectivity index (χ0v) is 16.1. The second-order valence-electron chi connectivity index (χ2n) is 5.93. The van der Waals surface area contributed by atoms with Crippen molar-refractivity contribution in [3.05, 3.63) is 76.3 Å². The monoisotopic (exact) mass is 427 g/mol. The van der Waals surface area contributed by atoms with E-state index in [1.807, 2.05) is 6.07 Å². The molecule has 0 bridgehead atoms. The quantitative estimate of drug-likeness (QED) is 0.269. The van der Waals surface area contributed by atoms with Gasteiger partial charge in [0, 0.05) is 16.8 Å². The van der Waals surface area contributed by atoms with Crippen molar-refractivity contribution < 1.29 is 17.6 Å². The Hall–Kier alpha value is -2.32. The number of hydrogen-bond acceptors (Lipinski definition) is 3. The molecule has 3 aromatic rings. The van der Waals surface area contributed by atoms with E-state index in [0.29, 0.717) is 17.3 Å². The van der Waals surface area contributed by atoms with Gasteiger partial charge in [-0.15, -0.1) is 0 Å². The highest BCUT2D eigenvalue weighted by atomic mass is 35.5. The molecule has 0 saturated carbocycles. The van der Waals surface area contributed by atoms with Gasteiger partial charge < -0.3 is 0 Å². The van der Waals surface area contributed by atoms with Gasteiger partial charge >= 0.3 is 5.51 Å². The molecule has 0 fully saturated rings. The molecule has 0 amide bonds. The molecule has 0 atom stereocenters. The Balaban J connectivity index is 1.75. The van der Waals surface area contributed by atoms with Crippen molar-refractivity contribution >= 4 is 35.3 Å². The molecule has 3 nitrogen and oxygen atoms in total. The molecule has 0 aliphatic carbocycles. The summed E-state index contributed by atoms with van der Waals surface area (Å²) in [5, 5.41) is 4.63. The minimum Gasteiger partial charge on any atom is -0.265 e. The first kappa shape index (κ1) is 20.4. The first-order valence-electron chi connectivity index (χ1n) is 8.08. The Morgan fingerprint density at radius 2 is 1.89 bits per heavy atom. The second-order valence-corrected chi connectivity index (χ2v) is 7.45. The number of nitrogens with zero attached hydrogens (tertiary/aromatic N) is 3. The number of aromatic nitrogens is 3. The molecule has 0 spiro atoms. The van der Waals surface area contributed by atoms with Gasteiger partial charge in [0.1, 0.15) is 10.8 Å². The highest BCUT2D eigenvalue weighted by Crippen LogP contribution is 2.36. The van der Waals surface area contributed by atoms with Gasteiger partial charge in [-0.25, -0.2) is 9.37 Å². The standard InChI is InChI=1S/C19H14ClF4N3S/c1-12-8-17(26-27(12)11-14-4-7-18(20)25-10-14)16(21)9-13-2-5-15(6-3-13)28-19(22,23)24/h2-10H,11H2,1H3/b16-9-. The first-order chi connectivity index (χ1) is 13.2. The van der Waals surface area contributed by atoms with E-state index in [4.69, 9.17) is 11.6 Å². The van der Waals surface area contributed by atoms with Gasteiger partial charge in [-0.1, -0.05) is 29.8 Å².